The van der Waals surface area contributed by atoms with Crippen molar-refractivity contribution in [2.45, 2.75) is 32.1 Å². The zero-order chi connectivity index (χ0) is 39.5. The highest BCUT2D eigenvalue weighted by molar-refractivity contribution is 6.22. The summed E-state index contributed by atoms with van der Waals surface area (Å²) in [4.78, 5) is 8.14. The van der Waals surface area contributed by atoms with Crippen molar-refractivity contribution in [1.29, 1.82) is 0 Å². The first kappa shape index (κ1) is 36.6. The predicted molar refractivity (Wildman–Crippen MR) is 245 cm³/mol. The number of benzene rings is 7. The fourth-order valence-corrected chi connectivity index (χ4v) is 9.06. The lowest BCUT2D eigenvalue weighted by molar-refractivity contribution is 0.754. The molecule has 1 aliphatic carbocycles. The van der Waals surface area contributed by atoms with Gasteiger partial charge in [-0.05, 0) is 94.1 Å². The summed E-state index contributed by atoms with van der Waals surface area (Å²) in [7, 11) is 0. The largest absolute Gasteiger partial charge is 0.310 e. The molecule has 0 bridgehead atoms. The average Bonchev–Trinajstić information content (AvgIpc) is 3.54. The molecule has 280 valence electrons. The molecule has 1 aliphatic heterocycles. The lowest BCUT2D eigenvalue weighted by atomic mass is 9.62. The standard InChI is InChI=1S/C56H46N2/c1-4-21-43(27-20-24-42-22-8-5-9-23-42)41(3)57-55(46-38-36-45(37-39-46)44-25-10-6-11-26-44)54-40(2)48-30-14-15-31-49(48)56(54)50-32-16-18-34-52(50)58(47-28-12-7-13-29-47)53-35-19-17-33-51(53)56/h5-23,25-39H,3-4,24H2,1-2H3/b27-20-,43-21+,57-55-. The zero-order valence-electron chi connectivity index (χ0n) is 33.1. The fourth-order valence-electron chi connectivity index (χ4n) is 9.06. The summed E-state index contributed by atoms with van der Waals surface area (Å²) in [6.07, 6.45) is 8.37. The van der Waals surface area contributed by atoms with Gasteiger partial charge in [0, 0.05) is 16.8 Å². The molecule has 2 aliphatic rings. The van der Waals surface area contributed by atoms with Gasteiger partial charge in [-0.2, -0.15) is 0 Å². The molecule has 1 heterocycles. The van der Waals surface area contributed by atoms with Gasteiger partial charge in [-0.1, -0.05) is 196 Å². The highest BCUT2D eigenvalue weighted by Crippen LogP contribution is 2.63. The Hall–Kier alpha value is -7.03. The van der Waals surface area contributed by atoms with Gasteiger partial charge in [0.15, 0.2) is 0 Å². The number of hydrogen-bond acceptors (Lipinski definition) is 2. The maximum Gasteiger partial charge on any atom is 0.0772 e. The van der Waals surface area contributed by atoms with E-state index in [1.807, 2.05) is 0 Å². The Morgan fingerprint density at radius 1 is 0.603 bits per heavy atom. The van der Waals surface area contributed by atoms with Crippen molar-refractivity contribution in [3.63, 3.8) is 0 Å². The molecule has 7 aromatic rings. The number of fused-ring (bicyclic) bond motifs is 6. The van der Waals surface area contributed by atoms with Crippen LogP contribution < -0.4 is 4.90 Å². The van der Waals surface area contributed by atoms with E-state index in [2.05, 4.69) is 225 Å². The molecule has 0 radical (unpaired) electrons. The minimum Gasteiger partial charge on any atom is -0.310 e. The number of anilines is 3. The second kappa shape index (κ2) is 15.8. The van der Waals surface area contributed by atoms with Gasteiger partial charge in [0.2, 0.25) is 0 Å². The summed E-state index contributed by atoms with van der Waals surface area (Å²) in [5.74, 6) is 0. The van der Waals surface area contributed by atoms with Gasteiger partial charge in [-0.15, -0.1) is 0 Å². The van der Waals surface area contributed by atoms with E-state index in [0.29, 0.717) is 0 Å². The first-order chi connectivity index (χ1) is 28.6. The highest BCUT2D eigenvalue weighted by atomic mass is 15.2. The van der Waals surface area contributed by atoms with Gasteiger partial charge in [0.1, 0.15) is 0 Å². The van der Waals surface area contributed by atoms with Crippen molar-refractivity contribution in [2.75, 3.05) is 4.90 Å². The normalized spacial score (nSPS) is 14.4. The summed E-state index contributed by atoms with van der Waals surface area (Å²) in [5, 5.41) is 0. The van der Waals surface area contributed by atoms with Gasteiger partial charge in [-0.25, -0.2) is 4.99 Å². The molecule has 0 saturated heterocycles. The van der Waals surface area contributed by atoms with E-state index in [1.54, 1.807) is 0 Å². The first-order valence-corrected chi connectivity index (χ1v) is 20.3. The van der Waals surface area contributed by atoms with Gasteiger partial charge in [0.25, 0.3) is 0 Å². The number of allylic oxidation sites excluding steroid dienone is 5. The molecule has 0 aromatic heterocycles. The Bertz CT molecular complexity index is 2680. The van der Waals surface area contributed by atoms with Crippen LogP contribution >= 0.6 is 0 Å². The maximum absolute atomic E-state index is 5.71. The molecular formula is C56H46N2. The predicted octanol–water partition coefficient (Wildman–Crippen LogP) is 14.4. The molecule has 2 heteroatoms. The van der Waals surface area contributed by atoms with Crippen molar-refractivity contribution in [3.05, 3.63) is 263 Å². The van der Waals surface area contributed by atoms with Crippen LogP contribution in [0.15, 0.2) is 235 Å². The van der Waals surface area contributed by atoms with Crippen LogP contribution in [-0.4, -0.2) is 5.71 Å². The van der Waals surface area contributed by atoms with E-state index in [9.17, 15) is 0 Å². The van der Waals surface area contributed by atoms with E-state index in [0.717, 1.165) is 52.4 Å². The van der Waals surface area contributed by atoms with Crippen molar-refractivity contribution in [2.24, 2.45) is 4.99 Å². The zero-order valence-corrected chi connectivity index (χ0v) is 33.1. The molecule has 0 amide bonds. The average molecular weight is 747 g/mol. The summed E-state index contributed by atoms with van der Waals surface area (Å²) < 4.78 is 0. The summed E-state index contributed by atoms with van der Waals surface area (Å²) in [6, 6.07) is 67.8. The number of para-hydroxylation sites is 3. The van der Waals surface area contributed by atoms with Crippen LogP contribution in [0.3, 0.4) is 0 Å². The number of aliphatic imine (C=N–C) groups is 1. The Morgan fingerprint density at radius 2 is 1.14 bits per heavy atom. The minimum absolute atomic E-state index is 0.672. The number of nitrogens with zero attached hydrogens (tertiary/aromatic N) is 2. The Kier molecular flexibility index (Phi) is 10.00. The summed E-state index contributed by atoms with van der Waals surface area (Å²) in [6.45, 7) is 9.18. The number of hydrogen-bond donors (Lipinski definition) is 0. The van der Waals surface area contributed by atoms with Crippen LogP contribution in [0.5, 0.6) is 0 Å². The Balaban J connectivity index is 1.29. The monoisotopic (exact) mass is 746 g/mol. The number of rotatable bonds is 10. The first-order valence-electron chi connectivity index (χ1n) is 20.3. The van der Waals surface area contributed by atoms with E-state index in [1.165, 1.54) is 50.1 Å². The smallest absolute Gasteiger partial charge is 0.0772 e. The molecule has 0 atom stereocenters. The summed E-state index contributed by atoms with van der Waals surface area (Å²) >= 11 is 0. The second-order valence-corrected chi connectivity index (χ2v) is 15.0. The molecule has 58 heavy (non-hydrogen) atoms. The Morgan fingerprint density at radius 3 is 1.78 bits per heavy atom. The van der Waals surface area contributed by atoms with Crippen molar-refractivity contribution in [3.8, 4) is 11.1 Å². The summed E-state index contributed by atoms with van der Waals surface area (Å²) in [5.41, 5.74) is 17.5. The van der Waals surface area contributed by atoms with Crippen molar-refractivity contribution in [1.82, 2.24) is 0 Å². The van der Waals surface area contributed by atoms with Crippen LogP contribution in [0.25, 0.3) is 16.7 Å². The van der Waals surface area contributed by atoms with Crippen LogP contribution in [0.2, 0.25) is 0 Å². The molecule has 2 nitrogen and oxygen atoms in total. The Labute approximate surface area is 343 Å². The molecule has 7 aromatic carbocycles. The van der Waals surface area contributed by atoms with Crippen LogP contribution in [0.1, 0.15) is 53.6 Å². The van der Waals surface area contributed by atoms with Crippen molar-refractivity contribution < 1.29 is 0 Å². The topological polar surface area (TPSA) is 15.6 Å². The quantitative estimate of drug-likeness (QED) is 0.101. The highest BCUT2D eigenvalue weighted by Gasteiger charge is 2.53. The van der Waals surface area contributed by atoms with Gasteiger partial charge < -0.3 is 4.90 Å². The molecule has 0 N–H and O–H groups in total. The third-order valence-corrected chi connectivity index (χ3v) is 11.6. The van der Waals surface area contributed by atoms with Gasteiger partial charge >= 0.3 is 0 Å². The lowest BCUT2D eigenvalue weighted by Crippen LogP contribution is -2.39. The molecule has 0 fully saturated rings. The van der Waals surface area contributed by atoms with Gasteiger partial charge in [0.05, 0.1) is 28.2 Å². The third-order valence-electron chi connectivity index (χ3n) is 11.6. The maximum atomic E-state index is 5.71. The van der Waals surface area contributed by atoms with E-state index >= 15 is 0 Å². The van der Waals surface area contributed by atoms with Crippen LogP contribution in [0, 0.1) is 0 Å². The SMILES string of the molecule is C=C(/N=C(\C1=C(C)c2ccccc2C12c1ccccc1N(c1ccccc1)c1ccccc12)c1ccc(-c2ccccc2)cc1)C(/C=C\Cc1ccccc1)=C/CC. The van der Waals surface area contributed by atoms with Crippen LogP contribution in [0.4, 0.5) is 17.1 Å². The second-order valence-electron chi connectivity index (χ2n) is 15.0. The van der Waals surface area contributed by atoms with E-state index < -0.39 is 5.41 Å². The van der Waals surface area contributed by atoms with E-state index in [-0.39, 0.29) is 0 Å². The molecule has 9 rings (SSSR count). The van der Waals surface area contributed by atoms with E-state index in [4.69, 9.17) is 11.6 Å². The fraction of sp³-hybridized carbons (Fsp3) is 0.0893. The molecule has 0 unspecified atom stereocenters. The van der Waals surface area contributed by atoms with Crippen molar-refractivity contribution >= 4 is 28.3 Å². The molecular weight excluding hydrogens is 701 g/mol. The lowest BCUT2D eigenvalue weighted by Gasteiger charge is -2.46. The van der Waals surface area contributed by atoms with Gasteiger partial charge in [-0.3, -0.25) is 0 Å². The third kappa shape index (κ3) is 6.37. The molecule has 1 spiro atoms. The molecule has 0 saturated carbocycles. The van der Waals surface area contributed by atoms with Crippen LogP contribution in [-0.2, 0) is 11.8 Å². The minimum atomic E-state index is -0.672.